The Kier molecular flexibility index (Phi) is 6.27. The Morgan fingerprint density at radius 1 is 1.35 bits per heavy atom. The van der Waals surface area contributed by atoms with Gasteiger partial charge in [0.15, 0.2) is 0 Å². The number of piperidine rings is 1. The highest BCUT2D eigenvalue weighted by Gasteiger charge is 2.31. The largest absolute Gasteiger partial charge is 0.481 e. The van der Waals surface area contributed by atoms with Crippen molar-refractivity contribution in [2.45, 2.75) is 45.1 Å². The van der Waals surface area contributed by atoms with Gasteiger partial charge in [0.2, 0.25) is 5.91 Å². The van der Waals surface area contributed by atoms with Crippen LogP contribution in [0.2, 0.25) is 0 Å². The lowest BCUT2D eigenvalue weighted by atomic mass is 9.92. The molecule has 7 heteroatoms. The summed E-state index contributed by atoms with van der Waals surface area (Å²) in [5, 5.41) is 11.8. The minimum absolute atomic E-state index is 0.0736. The number of carbonyl (C=O) groups is 3. The summed E-state index contributed by atoms with van der Waals surface area (Å²) in [4.78, 5) is 35.1. The van der Waals surface area contributed by atoms with E-state index in [4.69, 9.17) is 10.8 Å². The van der Waals surface area contributed by atoms with Gasteiger partial charge in [0.05, 0.1) is 5.92 Å². The normalized spacial score (nSPS) is 22.4. The molecule has 2 unspecified atom stereocenters. The molecule has 0 saturated carbocycles. The summed E-state index contributed by atoms with van der Waals surface area (Å²) in [6.07, 6.45) is 2.68. The molecule has 1 saturated heterocycles. The molecule has 0 aliphatic carbocycles. The van der Waals surface area contributed by atoms with Gasteiger partial charge in [-0.15, -0.1) is 0 Å². The molecule has 0 spiro atoms. The van der Waals surface area contributed by atoms with Gasteiger partial charge in [-0.3, -0.25) is 9.59 Å². The number of primary amides is 1. The maximum Gasteiger partial charge on any atom is 0.317 e. The molecule has 1 rings (SSSR count). The van der Waals surface area contributed by atoms with E-state index in [0.717, 1.165) is 0 Å². The Labute approximate surface area is 118 Å². The topological polar surface area (TPSA) is 113 Å². The first-order chi connectivity index (χ1) is 9.41. The molecule has 0 aromatic rings. The number of hydrogen-bond donors (Lipinski definition) is 3. The fourth-order valence-electron chi connectivity index (χ4n) is 2.42. The van der Waals surface area contributed by atoms with Crippen molar-refractivity contribution in [3.05, 3.63) is 0 Å². The van der Waals surface area contributed by atoms with Crippen molar-refractivity contribution >= 4 is 17.9 Å². The maximum absolute atomic E-state index is 12.0. The Balaban J connectivity index is 2.26. The highest BCUT2D eigenvalue weighted by Crippen LogP contribution is 2.22. The molecular formula is C13H23N3O4. The second-order valence-corrected chi connectivity index (χ2v) is 5.26. The van der Waals surface area contributed by atoms with Crippen LogP contribution in [0.4, 0.5) is 4.79 Å². The Hall–Kier alpha value is -1.79. The second-order valence-electron chi connectivity index (χ2n) is 5.26. The first-order valence-corrected chi connectivity index (χ1v) is 6.97. The number of carboxylic acid groups (broad SMARTS) is 1. The van der Waals surface area contributed by atoms with E-state index in [2.05, 4.69) is 5.32 Å². The average Bonchev–Trinajstić information content (AvgIpc) is 2.37. The molecule has 4 N–H and O–H groups in total. The number of carboxylic acids is 1. The Morgan fingerprint density at radius 3 is 2.60 bits per heavy atom. The van der Waals surface area contributed by atoms with Crippen molar-refractivity contribution in [1.82, 2.24) is 10.2 Å². The van der Waals surface area contributed by atoms with Crippen LogP contribution in [0.25, 0.3) is 0 Å². The average molecular weight is 285 g/mol. The van der Waals surface area contributed by atoms with Crippen LogP contribution in [0.1, 0.15) is 39.0 Å². The number of nitrogens with zero attached hydrogens (tertiary/aromatic N) is 1. The Bertz CT molecular complexity index is 373. The van der Waals surface area contributed by atoms with Crippen LogP contribution in [0.15, 0.2) is 0 Å². The van der Waals surface area contributed by atoms with Gasteiger partial charge in [0.1, 0.15) is 0 Å². The van der Waals surface area contributed by atoms with Crippen molar-refractivity contribution in [3.63, 3.8) is 0 Å². The monoisotopic (exact) mass is 285 g/mol. The number of unbranched alkanes of at least 4 members (excludes halogenated alkanes) is 1. The van der Waals surface area contributed by atoms with E-state index in [-0.39, 0.29) is 23.9 Å². The van der Waals surface area contributed by atoms with Gasteiger partial charge in [0, 0.05) is 25.6 Å². The van der Waals surface area contributed by atoms with Crippen molar-refractivity contribution in [2.24, 2.45) is 11.7 Å². The second kappa shape index (κ2) is 7.72. The fraction of sp³-hybridized carbons (Fsp3) is 0.769. The number of hydrogen-bond acceptors (Lipinski definition) is 3. The molecule has 0 aromatic heterocycles. The molecule has 0 aromatic carbocycles. The molecule has 3 amide bonds. The van der Waals surface area contributed by atoms with Gasteiger partial charge in [0.25, 0.3) is 0 Å². The van der Waals surface area contributed by atoms with E-state index in [1.165, 1.54) is 0 Å². The molecule has 2 atom stereocenters. The third-order valence-corrected chi connectivity index (χ3v) is 3.61. The standard InChI is InChI=1S/C13H23N3O4/c1-9-8-10(12(18)19)5-7-16(9)13(20)15-6-3-2-4-11(14)17/h9-10H,2-8H2,1H3,(H2,14,17)(H,15,20)(H,18,19). The molecule has 1 aliphatic heterocycles. The predicted molar refractivity (Wildman–Crippen MR) is 73.0 cm³/mol. The summed E-state index contributed by atoms with van der Waals surface area (Å²) in [5.74, 6) is -1.48. The first kappa shape index (κ1) is 16.3. The predicted octanol–water partition coefficient (Wildman–Crippen LogP) is 0.537. The van der Waals surface area contributed by atoms with Crippen molar-refractivity contribution in [1.29, 1.82) is 0 Å². The smallest absolute Gasteiger partial charge is 0.317 e. The summed E-state index contributed by atoms with van der Waals surface area (Å²) in [5.41, 5.74) is 5.02. The maximum atomic E-state index is 12.0. The van der Waals surface area contributed by atoms with Gasteiger partial charge in [-0.1, -0.05) is 0 Å². The summed E-state index contributed by atoms with van der Waals surface area (Å²) in [6.45, 7) is 2.82. The lowest BCUT2D eigenvalue weighted by Crippen LogP contribution is -2.50. The number of aliphatic carboxylic acids is 1. The number of urea groups is 1. The van der Waals surface area contributed by atoms with E-state index in [1.807, 2.05) is 6.92 Å². The van der Waals surface area contributed by atoms with E-state index < -0.39 is 5.97 Å². The number of nitrogens with two attached hydrogens (primary N) is 1. The van der Waals surface area contributed by atoms with Crippen LogP contribution >= 0.6 is 0 Å². The zero-order chi connectivity index (χ0) is 15.1. The molecule has 1 aliphatic rings. The van der Waals surface area contributed by atoms with Crippen molar-refractivity contribution in [3.8, 4) is 0 Å². The van der Waals surface area contributed by atoms with Crippen molar-refractivity contribution in [2.75, 3.05) is 13.1 Å². The minimum Gasteiger partial charge on any atom is -0.481 e. The lowest BCUT2D eigenvalue weighted by molar-refractivity contribution is -0.143. The molecule has 0 radical (unpaired) electrons. The highest BCUT2D eigenvalue weighted by atomic mass is 16.4. The summed E-state index contributed by atoms with van der Waals surface area (Å²) in [6, 6.07) is -0.240. The van der Waals surface area contributed by atoms with Gasteiger partial charge in [-0.05, 0) is 32.6 Å². The highest BCUT2D eigenvalue weighted by molar-refractivity contribution is 5.76. The molecular weight excluding hydrogens is 262 g/mol. The molecule has 0 bridgehead atoms. The minimum atomic E-state index is -0.789. The quantitative estimate of drug-likeness (QED) is 0.618. The van der Waals surface area contributed by atoms with Gasteiger partial charge >= 0.3 is 12.0 Å². The summed E-state index contributed by atoms with van der Waals surface area (Å²) < 4.78 is 0. The number of carbonyl (C=O) groups excluding carboxylic acids is 2. The number of amides is 3. The van der Waals surface area contributed by atoms with Gasteiger partial charge in [-0.25, -0.2) is 4.79 Å². The van der Waals surface area contributed by atoms with Crippen molar-refractivity contribution < 1.29 is 19.5 Å². The third kappa shape index (κ3) is 5.07. The van der Waals surface area contributed by atoms with Gasteiger partial charge < -0.3 is 21.1 Å². The SMILES string of the molecule is CC1CC(C(=O)O)CCN1C(=O)NCCCCC(N)=O. The van der Waals surface area contributed by atoms with Gasteiger partial charge in [-0.2, -0.15) is 0 Å². The Morgan fingerprint density at radius 2 is 2.05 bits per heavy atom. The van der Waals surface area contributed by atoms with Crippen LogP contribution in [-0.2, 0) is 9.59 Å². The zero-order valence-corrected chi connectivity index (χ0v) is 11.8. The lowest BCUT2D eigenvalue weighted by Gasteiger charge is -2.36. The molecule has 20 heavy (non-hydrogen) atoms. The third-order valence-electron chi connectivity index (χ3n) is 3.61. The van der Waals surface area contributed by atoms with Crippen LogP contribution in [-0.4, -0.2) is 47.0 Å². The number of rotatable bonds is 6. The molecule has 7 nitrogen and oxygen atoms in total. The zero-order valence-electron chi connectivity index (χ0n) is 11.8. The molecule has 114 valence electrons. The van der Waals surface area contributed by atoms with Crippen LogP contribution in [0.3, 0.4) is 0 Å². The van der Waals surface area contributed by atoms with Crippen LogP contribution < -0.4 is 11.1 Å². The fourth-order valence-corrected chi connectivity index (χ4v) is 2.42. The summed E-state index contributed by atoms with van der Waals surface area (Å²) >= 11 is 0. The first-order valence-electron chi connectivity index (χ1n) is 6.97. The van der Waals surface area contributed by atoms with E-state index in [1.54, 1.807) is 4.90 Å². The number of nitrogens with one attached hydrogen (secondary N) is 1. The molecule has 1 fully saturated rings. The van der Waals surface area contributed by atoms with E-state index >= 15 is 0 Å². The van der Waals surface area contributed by atoms with Crippen LogP contribution in [0.5, 0.6) is 0 Å². The summed E-state index contributed by atoms with van der Waals surface area (Å²) in [7, 11) is 0. The van der Waals surface area contributed by atoms with Crippen LogP contribution in [0, 0.1) is 5.92 Å². The number of likely N-dealkylation sites (tertiary alicyclic amines) is 1. The van der Waals surface area contributed by atoms with E-state index in [0.29, 0.717) is 45.2 Å². The van der Waals surface area contributed by atoms with E-state index in [9.17, 15) is 14.4 Å². The molecule has 1 heterocycles.